The Balaban J connectivity index is 2.71. The Labute approximate surface area is 156 Å². The largest absolute Gasteiger partial charge is 0.463 e. The van der Waals surface area contributed by atoms with E-state index in [-0.39, 0.29) is 40.7 Å². The summed E-state index contributed by atoms with van der Waals surface area (Å²) in [6.07, 6.45) is 0. The van der Waals surface area contributed by atoms with Crippen LogP contribution in [0.2, 0.25) is 0 Å². The van der Waals surface area contributed by atoms with Crippen LogP contribution in [0.4, 0.5) is 8.78 Å². The first kappa shape index (κ1) is 19.7. The highest BCUT2D eigenvalue weighted by atomic mass is 79.9. The van der Waals surface area contributed by atoms with E-state index < -0.39 is 18.5 Å². The van der Waals surface area contributed by atoms with Crippen LogP contribution in [0.5, 0.6) is 5.75 Å². The fourth-order valence-corrected chi connectivity index (χ4v) is 2.99. The van der Waals surface area contributed by atoms with Gasteiger partial charge in [0.1, 0.15) is 23.2 Å². The quantitative estimate of drug-likeness (QED) is 0.718. The van der Waals surface area contributed by atoms with Crippen LogP contribution in [0.3, 0.4) is 0 Å². The highest BCUT2D eigenvalue weighted by Gasteiger charge is 2.38. The van der Waals surface area contributed by atoms with Crippen LogP contribution in [-0.2, 0) is 14.3 Å². The van der Waals surface area contributed by atoms with Gasteiger partial charge in [-0.2, -0.15) is 14.0 Å². The summed E-state index contributed by atoms with van der Waals surface area (Å²) in [7, 11) is 0. The number of nitrogens with zero attached hydrogens (tertiary/aromatic N) is 1. The minimum absolute atomic E-state index is 0.00480. The van der Waals surface area contributed by atoms with Crippen LogP contribution in [-0.4, -0.2) is 19.2 Å². The van der Waals surface area contributed by atoms with Crippen molar-refractivity contribution in [2.24, 2.45) is 5.73 Å². The fraction of sp³-hybridized carbons (Fsp3) is 0.294. The number of alkyl halides is 2. The number of halogens is 3. The molecule has 2 rings (SSSR count). The highest BCUT2D eigenvalue weighted by molar-refractivity contribution is 9.10. The first-order valence-electron chi connectivity index (χ1n) is 7.49. The second-order valence-electron chi connectivity index (χ2n) is 5.18. The van der Waals surface area contributed by atoms with E-state index in [4.69, 9.17) is 15.2 Å². The van der Waals surface area contributed by atoms with Gasteiger partial charge in [-0.25, -0.2) is 4.79 Å². The van der Waals surface area contributed by atoms with Gasteiger partial charge in [0, 0.05) is 10.0 Å². The lowest BCUT2D eigenvalue weighted by Crippen LogP contribution is -2.26. The number of hydrogen-bond acceptors (Lipinski definition) is 6. The van der Waals surface area contributed by atoms with Crippen molar-refractivity contribution in [1.29, 1.82) is 5.26 Å². The molecule has 6 nitrogen and oxygen atoms in total. The third-order valence-corrected chi connectivity index (χ3v) is 4.09. The minimum Gasteiger partial charge on any atom is -0.463 e. The maximum absolute atomic E-state index is 12.8. The Bertz CT molecular complexity index is 831. The normalized spacial score (nSPS) is 17.0. The van der Waals surface area contributed by atoms with Crippen LogP contribution >= 0.6 is 15.9 Å². The molecule has 0 fully saturated rings. The van der Waals surface area contributed by atoms with Gasteiger partial charge in [0.05, 0.1) is 18.1 Å². The van der Waals surface area contributed by atoms with Crippen LogP contribution in [0.1, 0.15) is 25.3 Å². The number of allylic oxidation sites excluding steroid dienone is 2. The van der Waals surface area contributed by atoms with Gasteiger partial charge in [-0.05, 0) is 32.0 Å². The Kier molecular flexibility index (Phi) is 6.21. The summed E-state index contributed by atoms with van der Waals surface area (Å²) in [4.78, 5) is 12.4. The van der Waals surface area contributed by atoms with E-state index in [1.807, 2.05) is 6.07 Å². The van der Waals surface area contributed by atoms with Gasteiger partial charge >= 0.3 is 12.6 Å². The second kappa shape index (κ2) is 8.19. The molecule has 26 heavy (non-hydrogen) atoms. The third kappa shape index (κ3) is 3.96. The lowest BCUT2D eigenvalue weighted by Gasteiger charge is -2.28. The summed E-state index contributed by atoms with van der Waals surface area (Å²) in [6, 6.07) is 6.17. The number of carbonyl (C=O) groups excluding carboxylic acids is 1. The number of carbonyl (C=O) groups is 1. The average Bonchev–Trinajstić information content (AvgIpc) is 2.55. The predicted octanol–water partition coefficient (Wildman–Crippen LogP) is 3.70. The summed E-state index contributed by atoms with van der Waals surface area (Å²) in [5.74, 6) is -2.10. The van der Waals surface area contributed by atoms with Crippen LogP contribution in [0, 0.1) is 11.3 Å². The topological polar surface area (TPSA) is 94.6 Å². The van der Waals surface area contributed by atoms with Gasteiger partial charge in [0.2, 0.25) is 5.88 Å². The molecule has 9 heteroatoms. The molecule has 2 N–H and O–H groups in total. The van der Waals surface area contributed by atoms with Crippen molar-refractivity contribution in [3.05, 3.63) is 51.0 Å². The first-order valence-corrected chi connectivity index (χ1v) is 8.29. The van der Waals surface area contributed by atoms with Crippen molar-refractivity contribution < 1.29 is 27.8 Å². The molecule has 0 saturated carbocycles. The predicted molar refractivity (Wildman–Crippen MR) is 90.8 cm³/mol. The fourth-order valence-electron chi connectivity index (χ4n) is 2.61. The lowest BCUT2D eigenvalue weighted by atomic mass is 9.82. The van der Waals surface area contributed by atoms with E-state index in [9.17, 15) is 18.8 Å². The van der Waals surface area contributed by atoms with Crippen molar-refractivity contribution in [3.63, 3.8) is 0 Å². The first-order chi connectivity index (χ1) is 12.3. The van der Waals surface area contributed by atoms with Gasteiger partial charge in [0.15, 0.2) is 0 Å². The molecule has 0 aromatic heterocycles. The Morgan fingerprint density at radius 1 is 1.50 bits per heavy atom. The Morgan fingerprint density at radius 2 is 2.19 bits per heavy atom. The average molecular weight is 429 g/mol. The van der Waals surface area contributed by atoms with Crippen LogP contribution < -0.4 is 10.5 Å². The Morgan fingerprint density at radius 3 is 2.77 bits per heavy atom. The molecule has 1 aromatic rings. The number of esters is 1. The van der Waals surface area contributed by atoms with E-state index in [1.165, 1.54) is 25.1 Å². The molecule has 138 valence electrons. The molecule has 0 bridgehead atoms. The van der Waals surface area contributed by atoms with Crippen LogP contribution in [0.25, 0.3) is 0 Å². The molecule has 1 aliphatic rings. The minimum atomic E-state index is -3.09. The van der Waals surface area contributed by atoms with Gasteiger partial charge in [-0.15, -0.1) is 0 Å². The van der Waals surface area contributed by atoms with Crippen molar-refractivity contribution in [2.75, 3.05) is 6.61 Å². The number of rotatable bonds is 5. The smallest absolute Gasteiger partial charge is 0.387 e. The standard InChI is InChI=1S/C17H15BrF2N2O4/c1-3-24-16(23)13-8(2)25-15(22)11(7-21)14(13)10-6-9(18)4-5-12(10)26-17(19)20/h4-6,14,17H,3,22H2,1-2H3. The van der Waals surface area contributed by atoms with Crippen molar-refractivity contribution in [1.82, 2.24) is 0 Å². The molecule has 1 unspecified atom stereocenters. The zero-order valence-electron chi connectivity index (χ0n) is 13.9. The Hall–Kier alpha value is -2.60. The summed E-state index contributed by atoms with van der Waals surface area (Å²) in [5.41, 5.74) is 5.83. The molecule has 0 spiro atoms. The van der Waals surface area contributed by atoms with Gasteiger partial charge in [-0.3, -0.25) is 0 Å². The maximum atomic E-state index is 12.8. The molecule has 1 atom stereocenters. The third-order valence-electron chi connectivity index (χ3n) is 3.60. The monoisotopic (exact) mass is 428 g/mol. The molecular weight excluding hydrogens is 414 g/mol. The van der Waals surface area contributed by atoms with Gasteiger partial charge in [-0.1, -0.05) is 15.9 Å². The molecule has 0 amide bonds. The van der Waals surface area contributed by atoms with E-state index in [1.54, 1.807) is 6.92 Å². The zero-order chi connectivity index (χ0) is 19.4. The number of benzene rings is 1. The number of hydrogen-bond donors (Lipinski definition) is 1. The van der Waals surface area contributed by atoms with Gasteiger partial charge < -0.3 is 19.9 Å². The summed E-state index contributed by atoms with van der Waals surface area (Å²) >= 11 is 3.25. The molecule has 0 aliphatic carbocycles. The molecule has 1 aromatic carbocycles. The molecule has 1 heterocycles. The second-order valence-corrected chi connectivity index (χ2v) is 6.09. The molecule has 0 saturated heterocycles. The lowest BCUT2D eigenvalue weighted by molar-refractivity contribution is -0.139. The van der Waals surface area contributed by atoms with E-state index >= 15 is 0 Å². The number of nitriles is 1. The highest BCUT2D eigenvalue weighted by Crippen LogP contribution is 2.44. The maximum Gasteiger partial charge on any atom is 0.387 e. The van der Waals surface area contributed by atoms with Crippen molar-refractivity contribution in [3.8, 4) is 11.8 Å². The van der Waals surface area contributed by atoms with Crippen molar-refractivity contribution in [2.45, 2.75) is 26.4 Å². The van der Waals surface area contributed by atoms with E-state index in [2.05, 4.69) is 20.7 Å². The summed E-state index contributed by atoms with van der Waals surface area (Å²) in [6.45, 7) is 0.0957. The van der Waals surface area contributed by atoms with E-state index in [0.29, 0.717) is 4.47 Å². The van der Waals surface area contributed by atoms with Crippen LogP contribution in [0.15, 0.2) is 45.5 Å². The van der Waals surface area contributed by atoms with E-state index in [0.717, 1.165) is 0 Å². The molecule has 0 radical (unpaired) electrons. The van der Waals surface area contributed by atoms with Gasteiger partial charge in [0.25, 0.3) is 0 Å². The molecular formula is C17H15BrF2N2O4. The zero-order valence-corrected chi connectivity index (χ0v) is 15.5. The summed E-state index contributed by atoms with van der Waals surface area (Å²) in [5, 5.41) is 9.51. The molecule has 1 aliphatic heterocycles. The van der Waals surface area contributed by atoms with Crippen molar-refractivity contribution >= 4 is 21.9 Å². The number of nitrogens with two attached hydrogens (primary N) is 1. The summed E-state index contributed by atoms with van der Waals surface area (Å²) < 4.78 is 41.0. The SMILES string of the molecule is CCOC(=O)C1=C(C)OC(N)=C(C#N)C1c1cc(Br)ccc1OC(F)F. The number of ether oxygens (including phenoxy) is 3.